The van der Waals surface area contributed by atoms with Gasteiger partial charge in [-0.05, 0) is 25.7 Å². The summed E-state index contributed by atoms with van der Waals surface area (Å²) in [6.45, 7) is 2.99. The number of nitrogens with two attached hydrogens (primary N) is 2. The quantitative estimate of drug-likeness (QED) is 0.334. The minimum Gasteiger partial charge on any atom is -0.365 e. The average molecular weight is 367 g/mol. The van der Waals surface area contributed by atoms with Crippen molar-refractivity contribution in [1.82, 2.24) is 0 Å². The fourth-order valence-corrected chi connectivity index (χ4v) is 4.17. The Hall–Kier alpha value is -0.820. The molecule has 0 spiro atoms. The molecule has 0 radical (unpaired) electrons. The van der Waals surface area contributed by atoms with Crippen LogP contribution in [0.15, 0.2) is 9.98 Å². The summed E-state index contributed by atoms with van der Waals surface area (Å²) < 4.78 is 10.9. The van der Waals surface area contributed by atoms with Gasteiger partial charge >= 0.3 is 0 Å². The number of ether oxygens (including phenoxy) is 2. The fourth-order valence-electron chi connectivity index (χ4n) is 4.17. The van der Waals surface area contributed by atoms with Gasteiger partial charge in [-0.1, -0.05) is 38.5 Å². The third kappa shape index (κ3) is 7.43. The molecule has 2 rings (SSSR count). The van der Waals surface area contributed by atoms with E-state index in [9.17, 15) is 0 Å². The Kier molecular flexibility index (Phi) is 11.0. The molecule has 0 aromatic carbocycles. The van der Waals surface area contributed by atoms with Gasteiger partial charge in [0.05, 0.1) is 37.9 Å². The summed E-state index contributed by atoms with van der Waals surface area (Å²) in [4.78, 5) is 9.89. The van der Waals surface area contributed by atoms with Crippen molar-refractivity contribution in [2.75, 3.05) is 39.8 Å². The Labute approximate surface area is 158 Å². The lowest BCUT2D eigenvalue weighted by atomic mass is 9.77. The molecule has 0 aromatic heterocycles. The van der Waals surface area contributed by atoms with Crippen molar-refractivity contribution in [2.24, 2.45) is 33.3 Å². The van der Waals surface area contributed by atoms with Crippen molar-refractivity contribution in [3.63, 3.8) is 0 Å². The van der Waals surface area contributed by atoms with Crippen molar-refractivity contribution >= 4 is 11.4 Å². The number of rotatable bonds is 11. The highest BCUT2D eigenvalue weighted by Crippen LogP contribution is 2.31. The van der Waals surface area contributed by atoms with Crippen LogP contribution in [-0.4, -0.2) is 51.2 Å². The molecule has 2 saturated carbocycles. The Morgan fingerprint density at radius 1 is 0.731 bits per heavy atom. The predicted octanol–water partition coefficient (Wildman–Crippen LogP) is 2.89. The van der Waals surface area contributed by atoms with E-state index in [4.69, 9.17) is 30.9 Å². The third-order valence-corrected chi connectivity index (χ3v) is 5.47. The molecule has 6 nitrogen and oxygen atoms in total. The van der Waals surface area contributed by atoms with Crippen molar-refractivity contribution in [2.45, 2.75) is 64.2 Å². The predicted molar refractivity (Wildman–Crippen MR) is 108 cm³/mol. The molecule has 0 saturated heterocycles. The van der Waals surface area contributed by atoms with E-state index < -0.39 is 0 Å². The highest BCUT2D eigenvalue weighted by atomic mass is 16.5. The molecular weight excluding hydrogens is 328 g/mol. The topological polar surface area (TPSA) is 95.2 Å². The zero-order chi connectivity index (χ0) is 18.5. The Morgan fingerprint density at radius 2 is 1.31 bits per heavy atom. The first-order chi connectivity index (χ1) is 12.9. The Bertz CT molecular complexity index is 388. The van der Waals surface area contributed by atoms with E-state index in [1.807, 2.05) is 0 Å². The van der Waals surface area contributed by atoms with Crippen LogP contribution in [0, 0.1) is 11.8 Å². The zero-order valence-electron chi connectivity index (χ0n) is 16.3. The standard InChI is InChI=1S/C20H38N4O2/c21-11-13-26-16-24-20(18-9-5-2-6-10-18)19(23-12-14-25-15-22)17-7-3-1-4-8-17/h17-18H,1-16,21-22H2/b23-19?,24-20+. The Balaban J connectivity index is 2.16. The SMILES string of the molecule is NCCOC/N=C(/C(=NCCOCN)C1CCCCC1)C1CCCCC1. The van der Waals surface area contributed by atoms with E-state index in [-0.39, 0.29) is 6.73 Å². The summed E-state index contributed by atoms with van der Waals surface area (Å²) in [5.74, 6) is 1.07. The minimum atomic E-state index is 0.255. The lowest BCUT2D eigenvalue weighted by molar-refractivity contribution is 0.149. The summed E-state index contributed by atoms with van der Waals surface area (Å²) in [5, 5.41) is 0. The highest BCUT2D eigenvalue weighted by molar-refractivity contribution is 6.43. The normalized spacial score (nSPS) is 21.3. The monoisotopic (exact) mass is 366 g/mol. The first-order valence-electron chi connectivity index (χ1n) is 10.5. The van der Waals surface area contributed by atoms with Gasteiger partial charge in [-0.25, -0.2) is 0 Å². The van der Waals surface area contributed by atoms with E-state index >= 15 is 0 Å². The van der Waals surface area contributed by atoms with Crippen molar-refractivity contribution < 1.29 is 9.47 Å². The van der Waals surface area contributed by atoms with Gasteiger partial charge in [0.2, 0.25) is 0 Å². The van der Waals surface area contributed by atoms with Crippen molar-refractivity contribution in [1.29, 1.82) is 0 Å². The summed E-state index contributed by atoms with van der Waals surface area (Å²) in [7, 11) is 0. The largest absolute Gasteiger partial charge is 0.365 e. The molecule has 2 aliphatic carbocycles. The molecule has 26 heavy (non-hydrogen) atoms. The van der Waals surface area contributed by atoms with Crippen LogP contribution in [0.1, 0.15) is 64.2 Å². The molecule has 2 aliphatic rings. The second-order valence-electron chi connectivity index (χ2n) is 7.38. The first kappa shape index (κ1) is 21.5. The van der Waals surface area contributed by atoms with Crippen LogP contribution in [-0.2, 0) is 9.47 Å². The molecule has 0 bridgehead atoms. The van der Waals surface area contributed by atoms with E-state index in [0.717, 1.165) is 0 Å². The minimum absolute atomic E-state index is 0.255. The van der Waals surface area contributed by atoms with Gasteiger partial charge in [-0.2, -0.15) is 0 Å². The molecule has 0 aromatic rings. The second-order valence-corrected chi connectivity index (χ2v) is 7.38. The fraction of sp³-hybridized carbons (Fsp3) is 0.900. The van der Waals surface area contributed by atoms with Gasteiger partial charge in [0.1, 0.15) is 6.73 Å². The van der Waals surface area contributed by atoms with Crippen LogP contribution in [0.4, 0.5) is 0 Å². The van der Waals surface area contributed by atoms with E-state index in [1.165, 1.54) is 75.6 Å². The van der Waals surface area contributed by atoms with Gasteiger partial charge in [0.15, 0.2) is 0 Å². The molecule has 0 unspecified atom stereocenters. The van der Waals surface area contributed by atoms with Gasteiger partial charge in [0.25, 0.3) is 0 Å². The molecule has 0 heterocycles. The zero-order valence-corrected chi connectivity index (χ0v) is 16.3. The Morgan fingerprint density at radius 3 is 1.85 bits per heavy atom. The second kappa shape index (κ2) is 13.4. The molecule has 4 N–H and O–H groups in total. The summed E-state index contributed by atoms with van der Waals surface area (Å²) in [6, 6.07) is 0. The van der Waals surface area contributed by atoms with Gasteiger partial charge < -0.3 is 20.9 Å². The van der Waals surface area contributed by atoms with Gasteiger partial charge in [0, 0.05) is 18.4 Å². The maximum absolute atomic E-state index is 5.58. The molecule has 0 aliphatic heterocycles. The highest BCUT2D eigenvalue weighted by Gasteiger charge is 2.29. The number of hydrogen-bond acceptors (Lipinski definition) is 6. The molecule has 0 amide bonds. The van der Waals surface area contributed by atoms with Crippen LogP contribution in [0.3, 0.4) is 0 Å². The van der Waals surface area contributed by atoms with Crippen LogP contribution in [0.25, 0.3) is 0 Å². The molecule has 2 fully saturated rings. The first-order valence-corrected chi connectivity index (χ1v) is 10.5. The lowest BCUT2D eigenvalue weighted by Gasteiger charge is -2.30. The van der Waals surface area contributed by atoms with Crippen LogP contribution >= 0.6 is 0 Å². The summed E-state index contributed by atoms with van der Waals surface area (Å²) in [5.41, 5.74) is 13.4. The van der Waals surface area contributed by atoms with Gasteiger partial charge in [-0.15, -0.1) is 0 Å². The number of hydrogen-bond donors (Lipinski definition) is 2. The van der Waals surface area contributed by atoms with Crippen molar-refractivity contribution in [3.05, 3.63) is 0 Å². The van der Waals surface area contributed by atoms with Crippen LogP contribution in [0.2, 0.25) is 0 Å². The smallest absolute Gasteiger partial charge is 0.137 e. The maximum atomic E-state index is 5.58. The van der Waals surface area contributed by atoms with Crippen LogP contribution < -0.4 is 11.5 Å². The molecule has 150 valence electrons. The molecule has 6 heteroatoms. The van der Waals surface area contributed by atoms with Crippen molar-refractivity contribution in [3.8, 4) is 0 Å². The summed E-state index contributed by atoms with van der Waals surface area (Å²) in [6.07, 6.45) is 12.8. The average Bonchev–Trinajstić information content (AvgIpc) is 2.70. The molecule has 0 atom stereocenters. The summed E-state index contributed by atoms with van der Waals surface area (Å²) >= 11 is 0. The van der Waals surface area contributed by atoms with Gasteiger partial charge in [-0.3, -0.25) is 9.98 Å². The van der Waals surface area contributed by atoms with E-state index in [1.54, 1.807) is 0 Å². The number of nitrogens with zero attached hydrogens (tertiary/aromatic N) is 2. The molecular formula is C20H38N4O2. The third-order valence-electron chi connectivity index (χ3n) is 5.47. The number of aliphatic imine (C=N–C) groups is 2. The van der Waals surface area contributed by atoms with Crippen LogP contribution in [0.5, 0.6) is 0 Å². The van der Waals surface area contributed by atoms with E-state index in [0.29, 0.717) is 44.9 Å². The lowest BCUT2D eigenvalue weighted by Crippen LogP contribution is -2.33. The van der Waals surface area contributed by atoms with E-state index in [2.05, 4.69) is 0 Å². The maximum Gasteiger partial charge on any atom is 0.137 e.